The number of carbonyl (C=O) groups is 1. The average Bonchev–Trinajstić information content (AvgIpc) is 2.71. The van der Waals surface area contributed by atoms with Crippen LogP contribution in [-0.4, -0.2) is 22.6 Å². The van der Waals surface area contributed by atoms with E-state index in [0.29, 0.717) is 17.0 Å². The minimum Gasteiger partial charge on any atom is -0.504 e. The molecule has 2 heterocycles. The molecule has 1 N–H and O–H groups in total. The Morgan fingerprint density at radius 1 is 1.32 bits per heavy atom. The van der Waals surface area contributed by atoms with Gasteiger partial charge in [-0.25, -0.2) is 0 Å². The summed E-state index contributed by atoms with van der Waals surface area (Å²) < 4.78 is 7.06. The van der Waals surface area contributed by atoms with Gasteiger partial charge in [-0.3, -0.25) is 4.79 Å². The molecule has 98 valence electrons. The SMILES string of the molecule is COc1cc2c(cc1O)CCn1cc(C)cc1C2=O. The Bertz CT molecular complexity index is 670. The quantitative estimate of drug-likeness (QED) is 0.852. The number of aromatic hydroxyl groups is 1. The predicted octanol–water partition coefficient (Wildman–Crippen LogP) is 2.30. The van der Waals surface area contributed by atoms with E-state index in [0.717, 1.165) is 24.1 Å². The first-order valence-electron chi connectivity index (χ1n) is 6.21. The first kappa shape index (κ1) is 11.8. The fraction of sp³-hybridized carbons (Fsp3) is 0.267. The number of nitrogens with zero attached hydrogens (tertiary/aromatic N) is 1. The monoisotopic (exact) mass is 257 g/mol. The van der Waals surface area contributed by atoms with E-state index in [1.807, 2.05) is 23.8 Å². The Morgan fingerprint density at radius 3 is 2.84 bits per heavy atom. The van der Waals surface area contributed by atoms with E-state index in [1.165, 1.54) is 7.11 Å². The number of phenols is 1. The third-order valence-electron chi connectivity index (χ3n) is 3.54. The Kier molecular flexibility index (Phi) is 2.59. The summed E-state index contributed by atoms with van der Waals surface area (Å²) in [6.07, 6.45) is 2.70. The molecule has 1 aromatic heterocycles. The van der Waals surface area contributed by atoms with E-state index >= 15 is 0 Å². The lowest BCUT2D eigenvalue weighted by Gasteiger charge is -2.09. The number of ketones is 1. The molecule has 0 radical (unpaired) electrons. The summed E-state index contributed by atoms with van der Waals surface area (Å²) >= 11 is 0. The van der Waals surface area contributed by atoms with Crippen molar-refractivity contribution in [2.24, 2.45) is 0 Å². The molecule has 0 aliphatic carbocycles. The molecule has 4 nitrogen and oxygen atoms in total. The number of rotatable bonds is 1. The second-order valence-corrected chi connectivity index (χ2v) is 4.86. The van der Waals surface area contributed by atoms with Crippen LogP contribution < -0.4 is 4.74 Å². The highest BCUT2D eigenvalue weighted by molar-refractivity contribution is 6.09. The van der Waals surface area contributed by atoms with E-state index in [-0.39, 0.29) is 11.5 Å². The van der Waals surface area contributed by atoms with Crippen LogP contribution in [0.3, 0.4) is 0 Å². The molecule has 0 amide bonds. The van der Waals surface area contributed by atoms with Crippen LogP contribution in [0.15, 0.2) is 24.4 Å². The minimum atomic E-state index is -0.0149. The summed E-state index contributed by atoms with van der Waals surface area (Å²) in [5.41, 5.74) is 3.26. The van der Waals surface area contributed by atoms with Crippen LogP contribution in [-0.2, 0) is 13.0 Å². The van der Waals surface area contributed by atoms with Crippen LogP contribution in [0.2, 0.25) is 0 Å². The smallest absolute Gasteiger partial charge is 0.209 e. The normalized spacial score (nSPS) is 13.7. The number of aromatic nitrogens is 1. The molecule has 3 rings (SSSR count). The number of aryl methyl sites for hydroxylation is 3. The lowest BCUT2D eigenvalue weighted by Crippen LogP contribution is -2.06. The van der Waals surface area contributed by atoms with E-state index < -0.39 is 0 Å². The molecule has 0 fully saturated rings. The lowest BCUT2D eigenvalue weighted by molar-refractivity contribution is 0.103. The Labute approximate surface area is 111 Å². The molecule has 0 spiro atoms. The van der Waals surface area contributed by atoms with Gasteiger partial charge in [-0.1, -0.05) is 0 Å². The standard InChI is InChI=1S/C15H15NO3/c1-9-5-12-15(18)11-7-14(19-2)13(17)6-10(11)3-4-16(12)8-9/h5-8,17H,3-4H2,1-2H3. The number of methoxy groups -OCH3 is 1. The molecule has 1 aromatic carbocycles. The minimum absolute atomic E-state index is 0.0149. The van der Waals surface area contributed by atoms with Crippen LogP contribution in [0.25, 0.3) is 0 Å². The van der Waals surface area contributed by atoms with Crippen molar-refractivity contribution in [1.29, 1.82) is 0 Å². The van der Waals surface area contributed by atoms with E-state index in [9.17, 15) is 9.90 Å². The molecule has 0 saturated carbocycles. The van der Waals surface area contributed by atoms with Crippen molar-refractivity contribution < 1.29 is 14.6 Å². The summed E-state index contributed by atoms with van der Waals surface area (Å²) in [4.78, 5) is 12.6. The molecule has 0 saturated heterocycles. The van der Waals surface area contributed by atoms with Gasteiger partial charge in [0.05, 0.1) is 12.8 Å². The van der Waals surface area contributed by atoms with Gasteiger partial charge in [0.1, 0.15) is 0 Å². The zero-order valence-electron chi connectivity index (χ0n) is 10.9. The second-order valence-electron chi connectivity index (χ2n) is 4.86. The Morgan fingerprint density at radius 2 is 2.11 bits per heavy atom. The highest BCUT2D eigenvalue weighted by Gasteiger charge is 2.23. The number of ether oxygens (including phenoxy) is 1. The summed E-state index contributed by atoms with van der Waals surface area (Å²) in [7, 11) is 1.48. The van der Waals surface area contributed by atoms with Crippen LogP contribution in [0.4, 0.5) is 0 Å². The molecular weight excluding hydrogens is 242 g/mol. The molecule has 0 bridgehead atoms. The number of benzene rings is 1. The number of fused-ring (bicyclic) bond motifs is 2. The largest absolute Gasteiger partial charge is 0.504 e. The predicted molar refractivity (Wildman–Crippen MR) is 71.0 cm³/mol. The van der Waals surface area contributed by atoms with Crippen LogP contribution in [0.1, 0.15) is 27.2 Å². The molecule has 4 heteroatoms. The molecule has 19 heavy (non-hydrogen) atoms. The zero-order valence-corrected chi connectivity index (χ0v) is 10.9. The lowest BCUT2D eigenvalue weighted by atomic mass is 9.99. The second kappa shape index (κ2) is 4.16. The van der Waals surface area contributed by atoms with E-state index in [1.54, 1.807) is 12.1 Å². The molecule has 1 aliphatic rings. The summed E-state index contributed by atoms with van der Waals surface area (Å²) in [6.45, 7) is 2.72. The number of hydrogen-bond donors (Lipinski definition) is 1. The highest BCUT2D eigenvalue weighted by atomic mass is 16.5. The maximum absolute atomic E-state index is 12.6. The number of carbonyl (C=O) groups excluding carboxylic acids is 1. The molecule has 2 aromatic rings. The van der Waals surface area contributed by atoms with Crippen molar-refractivity contribution in [3.63, 3.8) is 0 Å². The van der Waals surface area contributed by atoms with Gasteiger partial charge in [-0.2, -0.15) is 0 Å². The Balaban J connectivity index is 2.18. The van der Waals surface area contributed by atoms with Gasteiger partial charge in [-0.05, 0) is 42.7 Å². The first-order chi connectivity index (χ1) is 9.10. The van der Waals surface area contributed by atoms with Crippen molar-refractivity contribution in [3.05, 3.63) is 46.8 Å². The molecule has 0 atom stereocenters. The molecule has 0 unspecified atom stereocenters. The van der Waals surface area contributed by atoms with E-state index in [4.69, 9.17) is 4.74 Å². The van der Waals surface area contributed by atoms with Gasteiger partial charge in [0.15, 0.2) is 11.5 Å². The molecular formula is C15H15NO3. The number of phenolic OH excluding ortho intramolecular Hbond substituents is 1. The maximum atomic E-state index is 12.6. The zero-order chi connectivity index (χ0) is 13.6. The number of hydrogen-bond acceptors (Lipinski definition) is 3. The summed E-state index contributed by atoms with van der Waals surface area (Å²) in [6, 6.07) is 5.16. The van der Waals surface area contributed by atoms with Crippen molar-refractivity contribution in [1.82, 2.24) is 4.57 Å². The molecule has 1 aliphatic heterocycles. The summed E-state index contributed by atoms with van der Waals surface area (Å²) in [5, 5.41) is 9.81. The van der Waals surface area contributed by atoms with Crippen LogP contribution in [0.5, 0.6) is 11.5 Å². The van der Waals surface area contributed by atoms with Crippen molar-refractivity contribution in [3.8, 4) is 11.5 Å². The van der Waals surface area contributed by atoms with Crippen molar-refractivity contribution in [2.45, 2.75) is 19.9 Å². The third kappa shape index (κ3) is 1.80. The van der Waals surface area contributed by atoms with Crippen molar-refractivity contribution >= 4 is 5.78 Å². The first-order valence-corrected chi connectivity index (χ1v) is 6.21. The highest BCUT2D eigenvalue weighted by Crippen LogP contribution is 2.32. The fourth-order valence-electron chi connectivity index (χ4n) is 2.60. The van der Waals surface area contributed by atoms with Gasteiger partial charge in [0.25, 0.3) is 0 Å². The van der Waals surface area contributed by atoms with Gasteiger partial charge < -0.3 is 14.4 Å². The van der Waals surface area contributed by atoms with Crippen LogP contribution >= 0.6 is 0 Å². The third-order valence-corrected chi connectivity index (χ3v) is 3.54. The van der Waals surface area contributed by atoms with Gasteiger partial charge in [0, 0.05) is 18.3 Å². The van der Waals surface area contributed by atoms with Gasteiger partial charge in [-0.15, -0.1) is 0 Å². The summed E-state index contributed by atoms with van der Waals surface area (Å²) in [5.74, 6) is 0.402. The topological polar surface area (TPSA) is 51.5 Å². The van der Waals surface area contributed by atoms with Gasteiger partial charge >= 0.3 is 0 Å². The van der Waals surface area contributed by atoms with Crippen molar-refractivity contribution in [2.75, 3.05) is 7.11 Å². The maximum Gasteiger partial charge on any atom is 0.209 e. The van der Waals surface area contributed by atoms with Crippen LogP contribution in [0, 0.1) is 6.92 Å². The Hall–Kier alpha value is -2.23. The van der Waals surface area contributed by atoms with Gasteiger partial charge in [0.2, 0.25) is 5.78 Å². The average molecular weight is 257 g/mol. The fourth-order valence-corrected chi connectivity index (χ4v) is 2.60. The van der Waals surface area contributed by atoms with E-state index in [2.05, 4.69) is 0 Å².